The second-order valence-electron chi connectivity index (χ2n) is 5.70. The number of rotatable bonds is 10. The van der Waals surface area contributed by atoms with Gasteiger partial charge in [-0.05, 0) is 37.3 Å². The van der Waals surface area contributed by atoms with Crippen LogP contribution in [0.2, 0.25) is 0 Å². The third kappa shape index (κ3) is 7.16. The van der Waals surface area contributed by atoms with Gasteiger partial charge in [-0.2, -0.15) is 0 Å². The third-order valence-corrected chi connectivity index (χ3v) is 3.27. The van der Waals surface area contributed by atoms with Crippen LogP contribution in [0.5, 0.6) is 11.5 Å². The van der Waals surface area contributed by atoms with Gasteiger partial charge in [0.1, 0.15) is 0 Å². The van der Waals surface area contributed by atoms with Gasteiger partial charge in [0.05, 0.1) is 13.7 Å². The Kier molecular flexibility index (Phi) is 8.11. The predicted molar refractivity (Wildman–Crippen MR) is 90.6 cm³/mol. The van der Waals surface area contributed by atoms with Crippen molar-refractivity contribution in [3.63, 3.8) is 0 Å². The minimum Gasteiger partial charge on any atom is -0.504 e. The van der Waals surface area contributed by atoms with Crippen molar-refractivity contribution in [3.05, 3.63) is 30.4 Å². The van der Waals surface area contributed by atoms with Gasteiger partial charge in [0, 0.05) is 18.2 Å². The maximum atomic E-state index is 11.8. The zero-order chi connectivity index (χ0) is 16.4. The number of ketones is 1. The van der Waals surface area contributed by atoms with E-state index in [9.17, 15) is 9.90 Å². The lowest BCUT2D eigenvalue weighted by Gasteiger charge is -2.08. The molecule has 1 aromatic rings. The number of carbonyl (C=O) groups is 1. The third-order valence-electron chi connectivity index (χ3n) is 3.27. The number of methoxy groups -OCH3 is 1. The number of aromatic hydroxyl groups is 1. The minimum atomic E-state index is 0.0915. The highest BCUT2D eigenvalue weighted by molar-refractivity contribution is 5.82. The molecule has 1 aromatic carbocycles. The van der Waals surface area contributed by atoms with Gasteiger partial charge in [0.2, 0.25) is 0 Å². The molecule has 122 valence electrons. The van der Waals surface area contributed by atoms with Crippen LogP contribution in [0.3, 0.4) is 0 Å². The zero-order valence-electron chi connectivity index (χ0n) is 13.8. The number of nitrogens with one attached hydrogen (secondary N) is 1. The molecular formula is C18H27NO3. The Bertz CT molecular complexity index is 495. The summed E-state index contributed by atoms with van der Waals surface area (Å²) >= 11 is 0. The van der Waals surface area contributed by atoms with Gasteiger partial charge in [-0.1, -0.05) is 26.0 Å². The molecule has 0 saturated carbocycles. The molecule has 0 saturated heterocycles. The predicted octanol–water partition coefficient (Wildman–Crippen LogP) is 4.15. The quantitative estimate of drug-likeness (QED) is 0.387. The molecule has 0 aromatic heterocycles. The maximum Gasteiger partial charge on any atom is 0.162 e. The number of unbranched alkanes of at least 4 members (excludes halogenated alkanes) is 2. The fourth-order valence-electron chi connectivity index (χ4n) is 2.03. The van der Waals surface area contributed by atoms with Crippen LogP contribution < -0.4 is 10.1 Å². The molecule has 0 atom stereocenters. The summed E-state index contributed by atoms with van der Waals surface area (Å²) in [4.78, 5) is 11.8. The highest BCUT2D eigenvalue weighted by atomic mass is 16.5. The van der Waals surface area contributed by atoms with Gasteiger partial charge >= 0.3 is 0 Å². The number of hydrogen-bond donors (Lipinski definition) is 2. The molecule has 22 heavy (non-hydrogen) atoms. The highest BCUT2D eigenvalue weighted by Gasteiger charge is 2.05. The van der Waals surface area contributed by atoms with E-state index in [4.69, 9.17) is 4.74 Å². The van der Waals surface area contributed by atoms with Crippen LogP contribution in [-0.4, -0.2) is 24.5 Å². The summed E-state index contributed by atoms with van der Waals surface area (Å²) in [5, 5.41) is 12.6. The molecule has 1 rings (SSSR count). The van der Waals surface area contributed by atoms with Crippen molar-refractivity contribution < 1.29 is 14.6 Å². The van der Waals surface area contributed by atoms with Crippen LogP contribution in [0, 0.1) is 5.92 Å². The first kappa shape index (κ1) is 18.1. The standard InChI is InChI=1S/C18H27NO3/c1-14(2)8-6-4-5-7-9-16(20)13-19-15-10-11-17(21)18(12-15)22-3/h6,8,10-12,14,19,21H,4-5,7,9,13H2,1-3H3/b8-6+. The number of carbonyl (C=O) groups excluding carboxylic acids is 1. The number of allylic oxidation sites excluding steroid dienone is 2. The molecule has 0 radical (unpaired) electrons. The Morgan fingerprint density at radius 1 is 1.36 bits per heavy atom. The molecule has 0 heterocycles. The summed E-state index contributed by atoms with van der Waals surface area (Å²) in [5.74, 6) is 1.27. The smallest absolute Gasteiger partial charge is 0.162 e. The van der Waals surface area contributed by atoms with E-state index in [1.54, 1.807) is 18.2 Å². The van der Waals surface area contributed by atoms with Crippen LogP contribution >= 0.6 is 0 Å². The number of anilines is 1. The van der Waals surface area contributed by atoms with Crippen molar-refractivity contribution in [2.24, 2.45) is 5.92 Å². The number of phenols is 1. The van der Waals surface area contributed by atoms with Crippen LogP contribution in [0.1, 0.15) is 39.5 Å². The first-order valence-corrected chi connectivity index (χ1v) is 7.82. The Balaban J connectivity index is 2.23. The number of benzene rings is 1. The molecule has 0 fully saturated rings. The van der Waals surface area contributed by atoms with E-state index < -0.39 is 0 Å². The number of hydrogen-bond acceptors (Lipinski definition) is 4. The molecule has 0 spiro atoms. The summed E-state index contributed by atoms with van der Waals surface area (Å²) in [6, 6.07) is 4.95. The van der Waals surface area contributed by atoms with Gasteiger partial charge in [-0.3, -0.25) is 4.79 Å². The minimum absolute atomic E-state index is 0.0915. The first-order chi connectivity index (χ1) is 10.5. The van der Waals surface area contributed by atoms with Crippen molar-refractivity contribution in [2.75, 3.05) is 19.0 Å². The molecule has 0 aliphatic rings. The zero-order valence-corrected chi connectivity index (χ0v) is 13.8. The van der Waals surface area contributed by atoms with Crippen LogP contribution in [-0.2, 0) is 4.79 Å². The van der Waals surface area contributed by atoms with E-state index in [-0.39, 0.29) is 11.5 Å². The summed E-state index contributed by atoms with van der Waals surface area (Å²) < 4.78 is 5.03. The lowest BCUT2D eigenvalue weighted by Crippen LogP contribution is -2.13. The van der Waals surface area contributed by atoms with Crippen LogP contribution in [0.25, 0.3) is 0 Å². The maximum absolute atomic E-state index is 11.8. The molecule has 0 unspecified atom stereocenters. The van der Waals surface area contributed by atoms with Crippen LogP contribution in [0.15, 0.2) is 30.4 Å². The van der Waals surface area contributed by atoms with Crippen molar-refractivity contribution in [2.45, 2.75) is 39.5 Å². The lowest BCUT2D eigenvalue weighted by molar-refractivity contribution is -0.117. The largest absolute Gasteiger partial charge is 0.504 e. The van der Waals surface area contributed by atoms with Gasteiger partial charge in [0.15, 0.2) is 17.3 Å². The summed E-state index contributed by atoms with van der Waals surface area (Å²) in [6.07, 6.45) is 7.98. The molecule has 0 aliphatic carbocycles. The van der Waals surface area contributed by atoms with E-state index in [2.05, 4.69) is 31.3 Å². The molecule has 4 nitrogen and oxygen atoms in total. The van der Waals surface area contributed by atoms with E-state index in [1.165, 1.54) is 7.11 Å². The lowest BCUT2D eigenvalue weighted by atomic mass is 10.1. The van der Waals surface area contributed by atoms with Gasteiger partial charge in [0.25, 0.3) is 0 Å². The van der Waals surface area contributed by atoms with Gasteiger partial charge in [-0.15, -0.1) is 0 Å². The number of ether oxygens (including phenoxy) is 1. The van der Waals surface area contributed by atoms with Crippen molar-refractivity contribution in [3.8, 4) is 11.5 Å². The fraction of sp³-hybridized carbons (Fsp3) is 0.500. The number of phenolic OH excluding ortho intramolecular Hbond substituents is 1. The Morgan fingerprint density at radius 3 is 2.82 bits per heavy atom. The van der Waals surface area contributed by atoms with Gasteiger partial charge in [-0.25, -0.2) is 0 Å². The Labute approximate surface area is 133 Å². The Hall–Kier alpha value is -1.97. The molecule has 0 bridgehead atoms. The van der Waals surface area contributed by atoms with Gasteiger partial charge < -0.3 is 15.2 Å². The molecule has 0 aliphatic heterocycles. The Morgan fingerprint density at radius 2 is 2.14 bits per heavy atom. The normalized spacial score (nSPS) is 11.1. The highest BCUT2D eigenvalue weighted by Crippen LogP contribution is 2.28. The second-order valence-corrected chi connectivity index (χ2v) is 5.70. The average molecular weight is 305 g/mol. The molecule has 0 amide bonds. The topological polar surface area (TPSA) is 58.6 Å². The summed E-state index contributed by atoms with van der Waals surface area (Å²) in [6.45, 7) is 4.61. The monoisotopic (exact) mass is 305 g/mol. The molecular weight excluding hydrogens is 278 g/mol. The average Bonchev–Trinajstić information content (AvgIpc) is 2.49. The van der Waals surface area contributed by atoms with Crippen molar-refractivity contribution in [1.82, 2.24) is 0 Å². The van der Waals surface area contributed by atoms with Crippen LogP contribution in [0.4, 0.5) is 5.69 Å². The van der Waals surface area contributed by atoms with E-state index >= 15 is 0 Å². The molecule has 2 N–H and O–H groups in total. The number of Topliss-reactive ketones (excluding diaryl/α,β-unsaturated/α-hetero) is 1. The van der Waals surface area contributed by atoms with E-state index in [0.29, 0.717) is 24.6 Å². The van der Waals surface area contributed by atoms with E-state index in [1.807, 2.05) is 0 Å². The van der Waals surface area contributed by atoms with E-state index in [0.717, 1.165) is 24.9 Å². The van der Waals surface area contributed by atoms with Crippen molar-refractivity contribution in [1.29, 1.82) is 0 Å². The first-order valence-electron chi connectivity index (χ1n) is 7.82. The second kappa shape index (κ2) is 9.87. The fourth-order valence-corrected chi connectivity index (χ4v) is 2.03. The summed E-state index contributed by atoms with van der Waals surface area (Å²) in [5.41, 5.74) is 0.767. The van der Waals surface area contributed by atoms with Crippen molar-refractivity contribution >= 4 is 11.5 Å². The SMILES string of the molecule is COc1cc(NCC(=O)CCCC/C=C/C(C)C)ccc1O. The summed E-state index contributed by atoms with van der Waals surface area (Å²) in [7, 11) is 1.50. The molecule has 4 heteroatoms.